The van der Waals surface area contributed by atoms with Crippen LogP contribution in [0.2, 0.25) is 0 Å². The molecular weight excluding hydrogens is 228 g/mol. The predicted octanol–water partition coefficient (Wildman–Crippen LogP) is 1.66. The van der Waals surface area contributed by atoms with E-state index in [1.54, 1.807) is 7.11 Å². The first-order valence-corrected chi connectivity index (χ1v) is 6.31. The lowest BCUT2D eigenvalue weighted by Crippen LogP contribution is -2.37. The van der Waals surface area contributed by atoms with Crippen LogP contribution in [0.3, 0.4) is 0 Å². The molecule has 1 aromatic rings. The lowest BCUT2D eigenvalue weighted by molar-refractivity contribution is 0.0724. The van der Waals surface area contributed by atoms with Crippen molar-refractivity contribution in [3.8, 4) is 0 Å². The van der Waals surface area contributed by atoms with Crippen LogP contribution < -0.4 is 5.73 Å². The normalized spacial score (nSPS) is 13.2. The largest absolute Gasteiger partial charge is 0.398 e. The van der Waals surface area contributed by atoms with Gasteiger partial charge in [-0.3, -0.25) is 4.90 Å². The van der Waals surface area contributed by atoms with Crippen LogP contribution in [0.5, 0.6) is 0 Å². The van der Waals surface area contributed by atoms with E-state index in [2.05, 4.69) is 18.7 Å². The number of nitrogens with zero attached hydrogens (tertiary/aromatic N) is 1. The van der Waals surface area contributed by atoms with Crippen LogP contribution >= 0.6 is 0 Å². The number of nitrogen functional groups attached to an aromatic ring is 1. The zero-order valence-corrected chi connectivity index (χ0v) is 11.5. The van der Waals surface area contributed by atoms with E-state index in [9.17, 15) is 5.11 Å². The fourth-order valence-corrected chi connectivity index (χ4v) is 1.90. The summed E-state index contributed by atoms with van der Waals surface area (Å²) in [4.78, 5) is 2.18. The topological polar surface area (TPSA) is 58.7 Å². The van der Waals surface area contributed by atoms with Gasteiger partial charge in [-0.25, -0.2) is 0 Å². The van der Waals surface area contributed by atoms with Gasteiger partial charge in [0.1, 0.15) is 0 Å². The number of ether oxygens (including phenoxy) is 1. The van der Waals surface area contributed by atoms with Gasteiger partial charge in [-0.2, -0.15) is 0 Å². The first-order chi connectivity index (χ1) is 8.56. The third-order valence-electron chi connectivity index (χ3n) is 3.08. The van der Waals surface area contributed by atoms with E-state index < -0.39 is 6.10 Å². The minimum atomic E-state index is -0.564. The van der Waals surface area contributed by atoms with E-state index in [-0.39, 0.29) is 0 Å². The van der Waals surface area contributed by atoms with Gasteiger partial charge in [0, 0.05) is 37.5 Å². The van der Waals surface area contributed by atoms with Crippen molar-refractivity contribution < 1.29 is 9.84 Å². The van der Waals surface area contributed by atoms with E-state index in [4.69, 9.17) is 10.5 Å². The van der Waals surface area contributed by atoms with Crippen molar-refractivity contribution >= 4 is 5.69 Å². The summed E-state index contributed by atoms with van der Waals surface area (Å²) in [6.07, 6.45) is -0.564. The van der Waals surface area contributed by atoms with Gasteiger partial charge < -0.3 is 15.6 Å². The van der Waals surface area contributed by atoms with Crippen LogP contribution in [0.15, 0.2) is 24.3 Å². The van der Waals surface area contributed by atoms with Crippen molar-refractivity contribution in [1.29, 1.82) is 0 Å². The van der Waals surface area contributed by atoms with Crippen LogP contribution in [-0.2, 0) is 4.74 Å². The number of benzene rings is 1. The first kappa shape index (κ1) is 15.0. The molecular formula is C14H24N2O2. The number of nitrogens with two attached hydrogens (primary N) is 1. The smallest absolute Gasteiger partial charge is 0.0936 e. The fraction of sp³-hybridized carbons (Fsp3) is 0.571. The van der Waals surface area contributed by atoms with E-state index >= 15 is 0 Å². The van der Waals surface area contributed by atoms with Gasteiger partial charge >= 0.3 is 0 Å². The van der Waals surface area contributed by atoms with Gasteiger partial charge in [0.25, 0.3) is 0 Å². The second kappa shape index (κ2) is 7.36. The lowest BCUT2D eigenvalue weighted by Gasteiger charge is -2.28. The highest BCUT2D eigenvalue weighted by atomic mass is 16.5. The van der Waals surface area contributed by atoms with Gasteiger partial charge in [-0.15, -0.1) is 0 Å². The van der Waals surface area contributed by atoms with Gasteiger partial charge in [0.05, 0.1) is 12.7 Å². The molecule has 0 aliphatic carbocycles. The van der Waals surface area contributed by atoms with Gasteiger partial charge in [0.15, 0.2) is 0 Å². The maximum absolute atomic E-state index is 10.3. The van der Waals surface area contributed by atoms with Crippen LogP contribution in [0.4, 0.5) is 5.69 Å². The zero-order chi connectivity index (χ0) is 13.5. The Morgan fingerprint density at radius 3 is 2.56 bits per heavy atom. The molecule has 1 aromatic carbocycles. The maximum atomic E-state index is 10.3. The standard InChI is InChI=1S/C14H24N2O2/c1-11(2)16(8-9-18-3)10-14(17)12-6-4-5-7-13(12)15/h4-7,11,14,17H,8-10,15H2,1-3H3. The highest BCUT2D eigenvalue weighted by Crippen LogP contribution is 2.21. The monoisotopic (exact) mass is 252 g/mol. The third kappa shape index (κ3) is 4.29. The molecule has 0 bridgehead atoms. The van der Waals surface area contributed by atoms with Crippen LogP contribution in [0.25, 0.3) is 0 Å². The number of hydrogen-bond acceptors (Lipinski definition) is 4. The summed E-state index contributed by atoms with van der Waals surface area (Å²) in [5.41, 5.74) is 7.30. The first-order valence-electron chi connectivity index (χ1n) is 6.31. The van der Waals surface area contributed by atoms with Crippen molar-refractivity contribution in [2.45, 2.75) is 26.0 Å². The van der Waals surface area contributed by atoms with Crippen LogP contribution in [-0.4, -0.2) is 42.9 Å². The molecule has 4 nitrogen and oxygen atoms in total. The van der Waals surface area contributed by atoms with Crippen molar-refractivity contribution in [1.82, 2.24) is 4.90 Å². The van der Waals surface area contributed by atoms with Crippen molar-refractivity contribution in [3.05, 3.63) is 29.8 Å². The summed E-state index contributed by atoms with van der Waals surface area (Å²) in [6, 6.07) is 7.81. The molecule has 0 aliphatic rings. The quantitative estimate of drug-likeness (QED) is 0.725. The summed E-state index contributed by atoms with van der Waals surface area (Å²) in [6.45, 7) is 6.25. The van der Waals surface area contributed by atoms with Gasteiger partial charge in [-0.1, -0.05) is 18.2 Å². The van der Waals surface area contributed by atoms with E-state index in [0.717, 1.165) is 12.1 Å². The molecule has 0 amide bonds. The molecule has 0 saturated carbocycles. The van der Waals surface area contributed by atoms with Crippen LogP contribution in [0.1, 0.15) is 25.5 Å². The SMILES string of the molecule is COCCN(CC(O)c1ccccc1N)C(C)C. The number of para-hydroxylation sites is 1. The molecule has 0 spiro atoms. The molecule has 1 rings (SSSR count). The Labute approximate surface area is 109 Å². The predicted molar refractivity (Wildman–Crippen MR) is 74.4 cm³/mol. The molecule has 1 unspecified atom stereocenters. The Morgan fingerprint density at radius 2 is 2.00 bits per heavy atom. The minimum absolute atomic E-state index is 0.361. The summed E-state index contributed by atoms with van der Waals surface area (Å²) in [5.74, 6) is 0. The molecule has 0 heterocycles. The Hall–Kier alpha value is -1.10. The molecule has 4 heteroatoms. The average Bonchev–Trinajstić information content (AvgIpc) is 2.34. The number of aliphatic hydroxyl groups excluding tert-OH is 1. The second-order valence-corrected chi connectivity index (χ2v) is 4.73. The van der Waals surface area contributed by atoms with E-state index in [1.807, 2.05) is 24.3 Å². The second-order valence-electron chi connectivity index (χ2n) is 4.73. The molecule has 3 N–H and O–H groups in total. The number of hydrogen-bond donors (Lipinski definition) is 2. The van der Waals surface area contributed by atoms with Crippen molar-refractivity contribution in [2.24, 2.45) is 0 Å². The van der Waals surface area contributed by atoms with Gasteiger partial charge in [-0.05, 0) is 19.9 Å². The average molecular weight is 252 g/mol. The third-order valence-corrected chi connectivity index (χ3v) is 3.08. The summed E-state index contributed by atoms with van der Waals surface area (Å²) >= 11 is 0. The van der Waals surface area contributed by atoms with E-state index in [1.165, 1.54) is 0 Å². The minimum Gasteiger partial charge on any atom is -0.398 e. The zero-order valence-electron chi connectivity index (χ0n) is 11.5. The number of methoxy groups -OCH3 is 1. The highest BCUT2D eigenvalue weighted by molar-refractivity contribution is 5.47. The van der Waals surface area contributed by atoms with E-state index in [0.29, 0.717) is 24.9 Å². The molecule has 18 heavy (non-hydrogen) atoms. The van der Waals surface area contributed by atoms with Crippen LogP contribution in [0, 0.1) is 0 Å². The fourth-order valence-electron chi connectivity index (χ4n) is 1.90. The van der Waals surface area contributed by atoms with Crippen molar-refractivity contribution in [3.63, 3.8) is 0 Å². The molecule has 1 atom stereocenters. The summed E-state index contributed by atoms with van der Waals surface area (Å²) < 4.78 is 5.09. The molecule has 0 aliphatic heterocycles. The molecule has 0 aromatic heterocycles. The summed E-state index contributed by atoms with van der Waals surface area (Å²) in [7, 11) is 1.68. The molecule has 102 valence electrons. The lowest BCUT2D eigenvalue weighted by atomic mass is 10.1. The Balaban J connectivity index is 2.66. The Kier molecular flexibility index (Phi) is 6.12. The highest BCUT2D eigenvalue weighted by Gasteiger charge is 2.17. The Bertz CT molecular complexity index is 355. The molecule has 0 saturated heterocycles. The molecule has 0 radical (unpaired) electrons. The number of anilines is 1. The van der Waals surface area contributed by atoms with Crippen molar-refractivity contribution in [2.75, 3.05) is 32.5 Å². The Morgan fingerprint density at radius 1 is 1.33 bits per heavy atom. The summed E-state index contributed by atoms with van der Waals surface area (Å²) in [5, 5.41) is 10.3. The molecule has 0 fully saturated rings. The van der Waals surface area contributed by atoms with Gasteiger partial charge in [0.2, 0.25) is 0 Å². The number of aliphatic hydroxyl groups is 1. The maximum Gasteiger partial charge on any atom is 0.0936 e. The number of rotatable bonds is 7.